The Hall–Kier alpha value is -5.46. The molecule has 0 unspecified atom stereocenters. The first kappa shape index (κ1) is 28.1. The number of aromatic nitrogens is 2. The van der Waals surface area contributed by atoms with E-state index in [1.54, 1.807) is 66.7 Å². The second-order valence-corrected chi connectivity index (χ2v) is 9.55. The topological polar surface area (TPSA) is 200 Å². The van der Waals surface area contributed by atoms with Gasteiger partial charge < -0.3 is 42.7 Å². The summed E-state index contributed by atoms with van der Waals surface area (Å²) >= 11 is 0. The number of rotatable bonds is 10. The maximum Gasteiger partial charge on any atom is 0.267 e. The van der Waals surface area contributed by atoms with Crippen LogP contribution in [0.1, 0.15) is 41.7 Å². The van der Waals surface area contributed by atoms with Crippen molar-refractivity contribution < 1.29 is 19.2 Å². The van der Waals surface area contributed by atoms with Crippen LogP contribution in [0.25, 0.3) is 21.8 Å². The molecular weight excluding hydrogens is 536 g/mol. The van der Waals surface area contributed by atoms with Gasteiger partial charge in [-0.15, -0.1) is 0 Å². The van der Waals surface area contributed by atoms with Gasteiger partial charge in [-0.2, -0.15) is 0 Å². The molecule has 10 N–H and O–H groups in total. The zero-order valence-corrected chi connectivity index (χ0v) is 22.5. The molecule has 4 amide bonds. The Morgan fingerprint density at radius 3 is 1.45 bits per heavy atom. The summed E-state index contributed by atoms with van der Waals surface area (Å²) in [6.07, 6.45) is 0. The van der Waals surface area contributed by atoms with Crippen LogP contribution in [0.5, 0.6) is 0 Å². The summed E-state index contributed by atoms with van der Waals surface area (Å²) in [6, 6.07) is 20.3. The fraction of sp³-hybridized carbons (Fsp3) is 0.133. The van der Waals surface area contributed by atoms with Gasteiger partial charge in [0.05, 0.1) is 0 Å². The number of carbonyl (C=O) groups excluding carboxylic acids is 4. The number of anilines is 2. The molecule has 0 saturated carbocycles. The maximum absolute atomic E-state index is 13.0. The van der Waals surface area contributed by atoms with Crippen molar-refractivity contribution in [3.63, 3.8) is 0 Å². The zero-order chi connectivity index (χ0) is 29.6. The molecule has 0 atom stereocenters. The van der Waals surface area contributed by atoms with E-state index in [9.17, 15) is 19.2 Å². The summed E-state index contributed by atoms with van der Waals surface area (Å²) in [5, 5.41) is 12.7. The number of benzene rings is 3. The van der Waals surface area contributed by atoms with E-state index < -0.39 is 11.8 Å². The van der Waals surface area contributed by atoms with Crippen molar-refractivity contribution in [3.8, 4) is 0 Å². The van der Waals surface area contributed by atoms with Crippen LogP contribution in [0, 0.1) is 0 Å². The van der Waals surface area contributed by atoms with E-state index in [-0.39, 0.29) is 11.8 Å². The zero-order valence-electron chi connectivity index (χ0n) is 22.5. The number of nitrogens with one attached hydrogen (secondary N) is 6. The fourth-order valence-electron chi connectivity index (χ4n) is 4.42. The van der Waals surface area contributed by atoms with Gasteiger partial charge >= 0.3 is 0 Å². The Labute approximate surface area is 240 Å². The monoisotopic (exact) mass is 566 g/mol. The molecule has 0 aliphatic carbocycles. The Bertz CT molecular complexity index is 1680. The van der Waals surface area contributed by atoms with E-state index in [0.717, 1.165) is 10.8 Å². The highest BCUT2D eigenvalue weighted by molar-refractivity contribution is 6.10. The van der Waals surface area contributed by atoms with E-state index in [1.807, 2.05) is 0 Å². The van der Waals surface area contributed by atoms with Crippen LogP contribution in [-0.4, -0.2) is 59.8 Å². The molecule has 0 radical (unpaired) electrons. The van der Waals surface area contributed by atoms with Crippen LogP contribution in [0.2, 0.25) is 0 Å². The molecule has 42 heavy (non-hydrogen) atoms. The predicted molar refractivity (Wildman–Crippen MR) is 162 cm³/mol. The average Bonchev–Trinajstić information content (AvgIpc) is 3.62. The van der Waals surface area contributed by atoms with Crippen molar-refractivity contribution >= 4 is 56.8 Å². The molecular formula is C30H30N8O4. The SMILES string of the molecule is NCCNC(=O)c1cc2ccc(NC(=O)c3cccc(C(=O)Nc4ccc5cc(C(=O)NCCN)[nH]c5c4)c3)cc2[nH]1. The predicted octanol–water partition coefficient (Wildman–Crippen LogP) is 2.53. The quantitative estimate of drug-likeness (QED) is 0.128. The molecule has 2 aromatic heterocycles. The van der Waals surface area contributed by atoms with Crippen molar-refractivity contribution in [1.29, 1.82) is 0 Å². The third kappa shape index (κ3) is 6.30. The molecule has 214 valence electrons. The molecule has 0 saturated heterocycles. The summed E-state index contributed by atoms with van der Waals surface area (Å²) < 4.78 is 0. The van der Waals surface area contributed by atoms with Crippen molar-refractivity contribution in [2.75, 3.05) is 36.8 Å². The first-order valence-corrected chi connectivity index (χ1v) is 13.3. The molecule has 12 nitrogen and oxygen atoms in total. The van der Waals surface area contributed by atoms with Crippen LogP contribution in [0.15, 0.2) is 72.8 Å². The molecule has 0 aliphatic heterocycles. The lowest BCUT2D eigenvalue weighted by molar-refractivity contribution is 0.0942. The van der Waals surface area contributed by atoms with Crippen LogP contribution >= 0.6 is 0 Å². The molecule has 2 heterocycles. The summed E-state index contributed by atoms with van der Waals surface area (Å²) in [6.45, 7) is 1.41. The third-order valence-electron chi connectivity index (χ3n) is 6.50. The number of aromatic amines is 2. The third-order valence-corrected chi connectivity index (χ3v) is 6.50. The second kappa shape index (κ2) is 12.4. The highest BCUT2D eigenvalue weighted by Gasteiger charge is 2.14. The largest absolute Gasteiger partial charge is 0.350 e. The van der Waals surface area contributed by atoms with E-state index in [2.05, 4.69) is 31.2 Å². The summed E-state index contributed by atoms with van der Waals surface area (Å²) in [5.74, 6) is -1.32. The van der Waals surface area contributed by atoms with Gasteiger partial charge in [0.1, 0.15) is 11.4 Å². The Morgan fingerprint density at radius 1 is 0.571 bits per heavy atom. The van der Waals surface area contributed by atoms with Crippen LogP contribution in [-0.2, 0) is 0 Å². The molecule has 0 spiro atoms. The lowest BCUT2D eigenvalue weighted by atomic mass is 10.1. The van der Waals surface area contributed by atoms with Gasteiger partial charge in [-0.1, -0.05) is 18.2 Å². The van der Waals surface area contributed by atoms with Gasteiger partial charge in [-0.3, -0.25) is 19.2 Å². The smallest absolute Gasteiger partial charge is 0.267 e. The van der Waals surface area contributed by atoms with Crippen molar-refractivity contribution in [1.82, 2.24) is 20.6 Å². The Morgan fingerprint density at radius 2 is 1.02 bits per heavy atom. The normalized spacial score (nSPS) is 10.9. The van der Waals surface area contributed by atoms with Crippen molar-refractivity contribution in [3.05, 3.63) is 95.3 Å². The molecule has 5 rings (SSSR count). The Balaban J connectivity index is 1.26. The first-order chi connectivity index (χ1) is 20.3. The minimum atomic E-state index is -0.398. The van der Waals surface area contributed by atoms with Gasteiger partial charge in [-0.05, 0) is 54.6 Å². The molecule has 0 fully saturated rings. The van der Waals surface area contributed by atoms with Crippen LogP contribution < -0.4 is 32.7 Å². The van der Waals surface area contributed by atoms with Gasteiger partial charge in [-0.25, -0.2) is 0 Å². The molecule has 3 aromatic carbocycles. The maximum atomic E-state index is 13.0. The number of carbonyl (C=O) groups is 4. The van der Waals surface area contributed by atoms with Crippen molar-refractivity contribution in [2.24, 2.45) is 11.5 Å². The lowest BCUT2D eigenvalue weighted by Crippen LogP contribution is -2.29. The van der Waals surface area contributed by atoms with E-state index in [1.165, 1.54) is 6.07 Å². The Kier molecular flexibility index (Phi) is 8.27. The van der Waals surface area contributed by atoms with Crippen LogP contribution in [0.3, 0.4) is 0 Å². The molecule has 0 bridgehead atoms. The fourth-order valence-corrected chi connectivity index (χ4v) is 4.42. The van der Waals surface area contributed by atoms with E-state index >= 15 is 0 Å². The highest BCUT2D eigenvalue weighted by atomic mass is 16.2. The van der Waals surface area contributed by atoms with Crippen LogP contribution in [0.4, 0.5) is 11.4 Å². The highest BCUT2D eigenvalue weighted by Crippen LogP contribution is 2.22. The lowest BCUT2D eigenvalue weighted by Gasteiger charge is -2.09. The second-order valence-electron chi connectivity index (χ2n) is 9.55. The number of amides is 4. The van der Waals surface area contributed by atoms with Gasteiger partial charge in [0.15, 0.2) is 0 Å². The van der Waals surface area contributed by atoms with E-state index in [0.29, 0.717) is 71.1 Å². The number of H-pyrrole nitrogens is 2. The minimum Gasteiger partial charge on any atom is -0.350 e. The minimum absolute atomic E-state index is 0.263. The molecule has 0 aliphatic rings. The average molecular weight is 567 g/mol. The van der Waals surface area contributed by atoms with Gasteiger partial charge in [0.25, 0.3) is 23.6 Å². The standard InChI is InChI=1S/C30H30N8O4/c31-8-10-33-29(41)25-13-17-4-6-21(15-23(17)37-25)35-27(39)19-2-1-3-20(12-19)28(40)36-22-7-5-18-14-26(38-24(18)16-22)30(42)34-11-9-32/h1-7,12-16,37-38H,8-11,31-32H2,(H,33,41)(H,34,42)(H,35,39)(H,36,40). The first-order valence-electron chi connectivity index (χ1n) is 13.3. The summed E-state index contributed by atoms with van der Waals surface area (Å²) in [5.41, 5.74) is 14.7. The van der Waals surface area contributed by atoms with E-state index in [4.69, 9.17) is 11.5 Å². The van der Waals surface area contributed by atoms with Crippen molar-refractivity contribution in [2.45, 2.75) is 0 Å². The summed E-state index contributed by atoms with van der Waals surface area (Å²) in [7, 11) is 0. The molecule has 5 aromatic rings. The van der Waals surface area contributed by atoms with Gasteiger partial charge in [0, 0.05) is 70.5 Å². The summed E-state index contributed by atoms with van der Waals surface area (Å²) in [4.78, 5) is 56.6. The number of hydrogen-bond acceptors (Lipinski definition) is 6. The number of nitrogens with two attached hydrogens (primary N) is 2. The number of hydrogen-bond donors (Lipinski definition) is 8. The number of fused-ring (bicyclic) bond motifs is 2. The molecule has 12 heteroatoms. The van der Waals surface area contributed by atoms with Gasteiger partial charge in [0.2, 0.25) is 0 Å².